The molecule has 0 bridgehead atoms. The topological polar surface area (TPSA) is 80.9 Å². The first kappa shape index (κ1) is 32.8. The SMILES string of the molecule is C=C.C=Cc1ccc(O)cc1.C=Cc1ccc(O)cc1.C=Cc1ccc(O)cc1.C=Cc1ccc(O)cc1. The summed E-state index contributed by atoms with van der Waals surface area (Å²) in [4.78, 5) is 0. The highest BCUT2D eigenvalue weighted by molar-refractivity contribution is 5.49. The van der Waals surface area contributed by atoms with E-state index in [0.29, 0.717) is 23.0 Å². The number of benzene rings is 4. The quantitative estimate of drug-likeness (QED) is 0.207. The Morgan fingerprint density at radius 2 is 0.447 bits per heavy atom. The van der Waals surface area contributed by atoms with Crippen LogP contribution in [0.4, 0.5) is 0 Å². The van der Waals surface area contributed by atoms with E-state index in [1.54, 1.807) is 72.8 Å². The van der Waals surface area contributed by atoms with E-state index in [9.17, 15) is 0 Å². The van der Waals surface area contributed by atoms with Crippen LogP contribution in [-0.2, 0) is 0 Å². The lowest BCUT2D eigenvalue weighted by molar-refractivity contribution is 0.474. The van der Waals surface area contributed by atoms with Crippen LogP contribution >= 0.6 is 0 Å². The lowest BCUT2D eigenvalue weighted by Crippen LogP contribution is -1.67. The molecule has 4 aromatic rings. The maximum atomic E-state index is 8.82. The van der Waals surface area contributed by atoms with Crippen molar-refractivity contribution in [3.8, 4) is 23.0 Å². The van der Waals surface area contributed by atoms with Crippen molar-refractivity contribution in [1.82, 2.24) is 0 Å². The lowest BCUT2D eigenvalue weighted by Gasteiger charge is -1.90. The van der Waals surface area contributed by atoms with Crippen LogP contribution in [0.3, 0.4) is 0 Å². The van der Waals surface area contributed by atoms with Crippen molar-refractivity contribution in [3.05, 3.63) is 159 Å². The predicted octanol–water partition coefficient (Wildman–Crippen LogP) is 8.94. The number of aromatic hydroxyl groups is 4. The van der Waals surface area contributed by atoms with E-state index in [1.807, 2.05) is 48.5 Å². The summed E-state index contributed by atoms with van der Waals surface area (Å²) in [6.45, 7) is 20.3. The maximum absolute atomic E-state index is 8.82. The van der Waals surface area contributed by atoms with Crippen LogP contribution in [0.15, 0.2) is 137 Å². The average molecular weight is 509 g/mol. The van der Waals surface area contributed by atoms with Crippen LogP contribution in [0.1, 0.15) is 22.3 Å². The van der Waals surface area contributed by atoms with E-state index in [0.717, 1.165) is 22.3 Å². The number of phenols is 4. The van der Waals surface area contributed by atoms with Crippen LogP contribution in [0.5, 0.6) is 23.0 Å². The van der Waals surface area contributed by atoms with Crippen molar-refractivity contribution in [3.63, 3.8) is 0 Å². The molecule has 4 N–H and O–H groups in total. The van der Waals surface area contributed by atoms with Crippen LogP contribution in [0.2, 0.25) is 0 Å². The van der Waals surface area contributed by atoms with Gasteiger partial charge in [-0.15, -0.1) is 13.2 Å². The minimum absolute atomic E-state index is 0.292. The summed E-state index contributed by atoms with van der Waals surface area (Å²) in [7, 11) is 0. The van der Waals surface area contributed by atoms with Gasteiger partial charge in [-0.1, -0.05) is 99.2 Å². The first-order valence-corrected chi connectivity index (χ1v) is 11.5. The van der Waals surface area contributed by atoms with Gasteiger partial charge in [0.1, 0.15) is 23.0 Å². The van der Waals surface area contributed by atoms with Gasteiger partial charge < -0.3 is 20.4 Å². The Balaban J connectivity index is 0.000000470. The normalized spacial score (nSPS) is 8.53. The third kappa shape index (κ3) is 14.9. The molecule has 196 valence electrons. The molecule has 4 heteroatoms. The predicted molar refractivity (Wildman–Crippen MR) is 164 cm³/mol. The highest BCUT2D eigenvalue weighted by Crippen LogP contribution is 2.11. The Labute approximate surface area is 226 Å². The number of hydrogen-bond acceptors (Lipinski definition) is 4. The molecule has 0 spiro atoms. The Morgan fingerprint density at radius 3 is 0.553 bits per heavy atom. The standard InChI is InChI=1S/4C8H8O.C2H4/c4*1-2-7-3-5-8(9)6-4-7;1-2/h4*2-6,9H,1H2;1-2H2. The van der Waals surface area contributed by atoms with E-state index in [-0.39, 0.29) is 0 Å². The molecular weight excluding hydrogens is 472 g/mol. The van der Waals surface area contributed by atoms with E-state index in [2.05, 4.69) is 39.5 Å². The van der Waals surface area contributed by atoms with Crippen LogP contribution in [0.25, 0.3) is 24.3 Å². The van der Waals surface area contributed by atoms with Crippen LogP contribution < -0.4 is 0 Å². The van der Waals surface area contributed by atoms with Crippen molar-refractivity contribution >= 4 is 24.3 Å². The highest BCUT2D eigenvalue weighted by atomic mass is 16.3. The van der Waals surface area contributed by atoms with Gasteiger partial charge in [0.15, 0.2) is 0 Å². The van der Waals surface area contributed by atoms with Gasteiger partial charge in [0.2, 0.25) is 0 Å². The van der Waals surface area contributed by atoms with Crippen molar-refractivity contribution in [1.29, 1.82) is 0 Å². The smallest absolute Gasteiger partial charge is 0.115 e. The molecule has 0 atom stereocenters. The number of rotatable bonds is 4. The molecule has 0 radical (unpaired) electrons. The van der Waals surface area contributed by atoms with Crippen molar-refractivity contribution in [2.45, 2.75) is 0 Å². The fourth-order valence-corrected chi connectivity index (χ4v) is 2.44. The molecule has 0 saturated heterocycles. The van der Waals surface area contributed by atoms with Crippen molar-refractivity contribution in [2.75, 3.05) is 0 Å². The van der Waals surface area contributed by atoms with Gasteiger partial charge in [0.25, 0.3) is 0 Å². The molecule has 0 aliphatic carbocycles. The molecule has 38 heavy (non-hydrogen) atoms. The Hall–Kier alpha value is -5.22. The molecule has 4 nitrogen and oxygen atoms in total. The Morgan fingerprint density at radius 1 is 0.316 bits per heavy atom. The molecule has 0 saturated carbocycles. The van der Waals surface area contributed by atoms with Gasteiger partial charge in [-0.05, 0) is 70.8 Å². The zero-order valence-electron chi connectivity index (χ0n) is 21.6. The Bertz CT molecular complexity index is 1010. The Kier molecular flexibility index (Phi) is 17.3. The molecule has 4 rings (SSSR count). The lowest BCUT2D eigenvalue weighted by atomic mass is 10.2. The zero-order valence-corrected chi connectivity index (χ0v) is 21.6. The summed E-state index contributed by atoms with van der Waals surface area (Å²) in [6, 6.07) is 27.6. The van der Waals surface area contributed by atoms with Gasteiger partial charge in [-0.25, -0.2) is 0 Å². The molecule has 0 heterocycles. The van der Waals surface area contributed by atoms with Gasteiger partial charge >= 0.3 is 0 Å². The fraction of sp³-hybridized carbons (Fsp3) is 0. The first-order valence-electron chi connectivity index (χ1n) is 11.5. The first-order chi connectivity index (χ1) is 18.3. The van der Waals surface area contributed by atoms with E-state index < -0.39 is 0 Å². The molecule has 0 unspecified atom stereocenters. The van der Waals surface area contributed by atoms with Gasteiger partial charge in [0.05, 0.1) is 0 Å². The third-order valence-electron chi connectivity index (χ3n) is 4.52. The molecule has 0 aromatic heterocycles. The van der Waals surface area contributed by atoms with Gasteiger partial charge in [-0.2, -0.15) is 0 Å². The second-order valence-electron chi connectivity index (χ2n) is 7.18. The molecular formula is C34H36O4. The summed E-state index contributed by atoms with van der Waals surface area (Å²) in [5.74, 6) is 1.17. The van der Waals surface area contributed by atoms with Gasteiger partial charge in [-0.3, -0.25) is 0 Å². The highest BCUT2D eigenvalue weighted by Gasteiger charge is 1.86. The summed E-state index contributed by atoms with van der Waals surface area (Å²) in [5.41, 5.74) is 4.08. The van der Waals surface area contributed by atoms with Crippen molar-refractivity contribution in [2.24, 2.45) is 0 Å². The zero-order chi connectivity index (χ0) is 28.8. The number of hydrogen-bond donors (Lipinski definition) is 4. The second kappa shape index (κ2) is 20.0. The molecule has 0 aliphatic rings. The van der Waals surface area contributed by atoms with Crippen molar-refractivity contribution < 1.29 is 20.4 Å². The minimum atomic E-state index is 0.292. The minimum Gasteiger partial charge on any atom is -0.508 e. The average Bonchev–Trinajstić information content (AvgIpc) is 2.97. The maximum Gasteiger partial charge on any atom is 0.115 e. The van der Waals surface area contributed by atoms with Gasteiger partial charge in [0, 0.05) is 0 Å². The van der Waals surface area contributed by atoms with E-state index >= 15 is 0 Å². The third-order valence-corrected chi connectivity index (χ3v) is 4.52. The second-order valence-corrected chi connectivity index (χ2v) is 7.18. The van der Waals surface area contributed by atoms with Crippen LogP contribution in [0, 0.1) is 0 Å². The molecule has 4 aromatic carbocycles. The monoisotopic (exact) mass is 508 g/mol. The fourth-order valence-electron chi connectivity index (χ4n) is 2.44. The molecule has 0 fully saturated rings. The largest absolute Gasteiger partial charge is 0.508 e. The summed E-state index contributed by atoms with van der Waals surface area (Å²) >= 11 is 0. The summed E-state index contributed by atoms with van der Waals surface area (Å²) < 4.78 is 0. The summed E-state index contributed by atoms with van der Waals surface area (Å²) in [5, 5.41) is 35.3. The van der Waals surface area contributed by atoms with E-state index in [4.69, 9.17) is 20.4 Å². The number of phenolic OH excluding ortho intramolecular Hbond substituents is 4. The summed E-state index contributed by atoms with van der Waals surface area (Å²) in [6.07, 6.45) is 6.94. The molecule has 0 amide bonds. The van der Waals surface area contributed by atoms with Crippen LogP contribution in [-0.4, -0.2) is 20.4 Å². The van der Waals surface area contributed by atoms with E-state index in [1.165, 1.54) is 0 Å². The molecule has 0 aliphatic heterocycles.